The van der Waals surface area contributed by atoms with Crippen molar-refractivity contribution in [1.29, 1.82) is 5.26 Å². The van der Waals surface area contributed by atoms with Crippen molar-refractivity contribution in [3.63, 3.8) is 0 Å². The first kappa shape index (κ1) is 10.3. The summed E-state index contributed by atoms with van der Waals surface area (Å²) >= 11 is 0. The number of ketones is 1. The van der Waals surface area contributed by atoms with Crippen LogP contribution in [0.4, 0.5) is 5.69 Å². The van der Waals surface area contributed by atoms with Gasteiger partial charge in [0.1, 0.15) is 5.92 Å². The molecule has 0 aliphatic rings. The summed E-state index contributed by atoms with van der Waals surface area (Å²) < 4.78 is 0. The minimum atomic E-state index is -0.584. The second-order valence-corrected chi connectivity index (χ2v) is 3.04. The van der Waals surface area contributed by atoms with E-state index in [1.807, 2.05) is 13.0 Å². The van der Waals surface area contributed by atoms with Gasteiger partial charge in [-0.05, 0) is 18.6 Å². The predicted octanol–water partition coefficient (Wildman–Crippen LogP) is 2.00. The van der Waals surface area contributed by atoms with Crippen molar-refractivity contribution < 1.29 is 4.79 Å². The molecule has 0 bridgehead atoms. The molecule has 1 unspecified atom stereocenters. The predicted molar refractivity (Wildman–Crippen MR) is 54.6 cm³/mol. The Bertz CT molecular complexity index is 379. The van der Waals surface area contributed by atoms with Crippen molar-refractivity contribution in [3.8, 4) is 6.07 Å². The molecule has 0 aromatic heterocycles. The van der Waals surface area contributed by atoms with Gasteiger partial charge in [-0.25, -0.2) is 0 Å². The third-order valence-corrected chi connectivity index (χ3v) is 2.11. The van der Waals surface area contributed by atoms with Crippen LogP contribution in [0.2, 0.25) is 0 Å². The fraction of sp³-hybridized carbons (Fsp3) is 0.273. The Morgan fingerprint density at radius 3 is 2.71 bits per heavy atom. The molecule has 0 saturated heterocycles. The molecule has 3 nitrogen and oxygen atoms in total. The lowest BCUT2D eigenvalue weighted by atomic mass is 9.96. The second-order valence-electron chi connectivity index (χ2n) is 3.04. The minimum absolute atomic E-state index is 0.187. The van der Waals surface area contributed by atoms with Gasteiger partial charge in [-0.2, -0.15) is 5.26 Å². The van der Waals surface area contributed by atoms with Crippen LogP contribution in [0, 0.1) is 17.2 Å². The molecule has 0 saturated carbocycles. The molecular formula is C11H12N2O. The largest absolute Gasteiger partial charge is 0.398 e. The molecule has 1 rings (SSSR count). The number of nitrogens with zero attached hydrogens (tertiary/aromatic N) is 1. The number of rotatable bonds is 3. The molecule has 0 spiro atoms. The van der Waals surface area contributed by atoms with E-state index in [4.69, 9.17) is 11.0 Å². The first-order valence-electron chi connectivity index (χ1n) is 4.49. The molecule has 0 heterocycles. The fourth-order valence-corrected chi connectivity index (χ4v) is 1.24. The van der Waals surface area contributed by atoms with Crippen molar-refractivity contribution in [3.05, 3.63) is 29.8 Å². The highest BCUT2D eigenvalue weighted by molar-refractivity contribution is 6.03. The lowest BCUT2D eigenvalue weighted by Crippen LogP contribution is -2.13. The zero-order valence-electron chi connectivity index (χ0n) is 8.03. The average Bonchev–Trinajstić information content (AvgIpc) is 2.20. The number of benzene rings is 1. The van der Waals surface area contributed by atoms with E-state index in [0.29, 0.717) is 17.7 Å². The van der Waals surface area contributed by atoms with E-state index in [-0.39, 0.29) is 5.78 Å². The van der Waals surface area contributed by atoms with Gasteiger partial charge in [-0.3, -0.25) is 4.79 Å². The van der Waals surface area contributed by atoms with Crippen LogP contribution >= 0.6 is 0 Å². The number of nitrogen functional groups attached to an aromatic ring is 1. The van der Waals surface area contributed by atoms with Crippen LogP contribution in [0.25, 0.3) is 0 Å². The topological polar surface area (TPSA) is 66.9 Å². The zero-order valence-corrected chi connectivity index (χ0v) is 8.03. The molecule has 2 N–H and O–H groups in total. The van der Waals surface area contributed by atoms with Crippen molar-refractivity contribution in [1.82, 2.24) is 0 Å². The summed E-state index contributed by atoms with van der Waals surface area (Å²) in [7, 11) is 0. The van der Waals surface area contributed by atoms with Gasteiger partial charge in [-0.1, -0.05) is 19.1 Å². The molecule has 1 aromatic carbocycles. The molecule has 0 aliphatic carbocycles. The number of hydrogen-bond donors (Lipinski definition) is 1. The number of para-hydroxylation sites is 1. The van der Waals surface area contributed by atoms with E-state index < -0.39 is 5.92 Å². The number of carbonyl (C=O) groups excluding carboxylic acids is 1. The summed E-state index contributed by atoms with van der Waals surface area (Å²) in [5, 5.41) is 8.74. The van der Waals surface area contributed by atoms with Crippen LogP contribution in [-0.4, -0.2) is 5.78 Å². The molecule has 72 valence electrons. The first-order valence-corrected chi connectivity index (χ1v) is 4.49. The number of carbonyl (C=O) groups is 1. The highest BCUT2D eigenvalue weighted by Crippen LogP contribution is 2.17. The maximum atomic E-state index is 11.7. The Labute approximate surface area is 83.2 Å². The summed E-state index contributed by atoms with van der Waals surface area (Å²) in [6.07, 6.45) is 0.518. The Morgan fingerprint density at radius 1 is 1.57 bits per heavy atom. The zero-order chi connectivity index (χ0) is 10.6. The lowest BCUT2D eigenvalue weighted by molar-refractivity contribution is 0.0947. The Hall–Kier alpha value is -1.82. The van der Waals surface area contributed by atoms with Crippen LogP contribution in [0.3, 0.4) is 0 Å². The lowest BCUT2D eigenvalue weighted by Gasteiger charge is -2.07. The van der Waals surface area contributed by atoms with E-state index in [9.17, 15) is 4.79 Å². The Balaban J connectivity index is 3.01. The Kier molecular flexibility index (Phi) is 3.24. The third-order valence-electron chi connectivity index (χ3n) is 2.11. The van der Waals surface area contributed by atoms with Crippen LogP contribution in [0.1, 0.15) is 23.7 Å². The van der Waals surface area contributed by atoms with Crippen molar-refractivity contribution in [2.75, 3.05) is 5.73 Å². The molecule has 0 fully saturated rings. The maximum absolute atomic E-state index is 11.7. The number of anilines is 1. The van der Waals surface area contributed by atoms with Crippen molar-refractivity contribution in [2.24, 2.45) is 5.92 Å². The molecule has 0 aliphatic heterocycles. The molecule has 1 atom stereocenters. The van der Waals surface area contributed by atoms with Crippen LogP contribution in [-0.2, 0) is 0 Å². The van der Waals surface area contributed by atoms with Gasteiger partial charge in [-0.15, -0.1) is 0 Å². The van der Waals surface area contributed by atoms with Crippen LogP contribution < -0.4 is 5.73 Å². The third kappa shape index (κ3) is 1.91. The second kappa shape index (κ2) is 4.43. The van der Waals surface area contributed by atoms with Gasteiger partial charge >= 0.3 is 0 Å². The van der Waals surface area contributed by atoms with Gasteiger partial charge in [0.25, 0.3) is 0 Å². The van der Waals surface area contributed by atoms with E-state index >= 15 is 0 Å². The summed E-state index contributed by atoms with van der Waals surface area (Å²) in [6.45, 7) is 1.81. The van der Waals surface area contributed by atoms with Gasteiger partial charge in [0, 0.05) is 11.3 Å². The number of hydrogen-bond acceptors (Lipinski definition) is 3. The maximum Gasteiger partial charge on any atom is 0.182 e. The van der Waals surface area contributed by atoms with Gasteiger partial charge in [0.05, 0.1) is 6.07 Å². The molecular weight excluding hydrogens is 176 g/mol. The smallest absolute Gasteiger partial charge is 0.182 e. The van der Waals surface area contributed by atoms with Crippen LogP contribution in [0.15, 0.2) is 24.3 Å². The van der Waals surface area contributed by atoms with E-state index in [1.165, 1.54) is 0 Å². The summed E-state index contributed by atoms with van der Waals surface area (Å²) in [5.74, 6) is -0.771. The minimum Gasteiger partial charge on any atom is -0.398 e. The van der Waals surface area contributed by atoms with Crippen molar-refractivity contribution in [2.45, 2.75) is 13.3 Å². The Morgan fingerprint density at radius 2 is 2.21 bits per heavy atom. The summed E-state index contributed by atoms with van der Waals surface area (Å²) in [6, 6.07) is 8.79. The highest BCUT2D eigenvalue weighted by Gasteiger charge is 2.18. The number of nitrogens with two attached hydrogens (primary N) is 1. The molecule has 0 amide bonds. The van der Waals surface area contributed by atoms with Gasteiger partial charge in [0.2, 0.25) is 0 Å². The van der Waals surface area contributed by atoms with E-state index in [1.54, 1.807) is 24.3 Å². The first-order chi connectivity index (χ1) is 6.70. The monoisotopic (exact) mass is 188 g/mol. The highest BCUT2D eigenvalue weighted by atomic mass is 16.1. The molecule has 14 heavy (non-hydrogen) atoms. The molecule has 3 heteroatoms. The quantitative estimate of drug-likeness (QED) is 0.582. The van der Waals surface area contributed by atoms with Gasteiger partial charge in [0.15, 0.2) is 5.78 Å². The standard InChI is InChI=1S/C11H12N2O/c1-2-8(7-12)11(14)9-5-3-4-6-10(9)13/h3-6,8H,2,13H2,1H3. The number of nitriles is 1. The van der Waals surface area contributed by atoms with E-state index in [0.717, 1.165) is 0 Å². The fourth-order valence-electron chi connectivity index (χ4n) is 1.24. The summed E-state index contributed by atoms with van der Waals surface area (Å²) in [4.78, 5) is 11.7. The van der Waals surface area contributed by atoms with Crippen molar-refractivity contribution >= 4 is 11.5 Å². The molecule has 0 radical (unpaired) electrons. The normalized spacial score (nSPS) is 11.7. The van der Waals surface area contributed by atoms with Crippen LogP contribution in [0.5, 0.6) is 0 Å². The van der Waals surface area contributed by atoms with Gasteiger partial charge < -0.3 is 5.73 Å². The number of Topliss-reactive ketones (excluding diaryl/α,β-unsaturated/α-hetero) is 1. The average molecular weight is 188 g/mol. The molecule has 1 aromatic rings. The van der Waals surface area contributed by atoms with E-state index in [2.05, 4.69) is 0 Å². The SMILES string of the molecule is CCC(C#N)C(=O)c1ccccc1N. The summed E-state index contributed by atoms with van der Waals surface area (Å²) in [5.41, 5.74) is 6.52.